The van der Waals surface area contributed by atoms with Gasteiger partial charge in [0.25, 0.3) is 5.91 Å². The number of carbonyl (C=O) groups is 1. The predicted octanol–water partition coefficient (Wildman–Crippen LogP) is 2.65. The summed E-state index contributed by atoms with van der Waals surface area (Å²) in [5, 5.41) is 11.2. The monoisotopic (exact) mass is 343 g/mol. The van der Waals surface area contributed by atoms with E-state index in [-0.39, 0.29) is 6.54 Å². The zero-order valence-electron chi connectivity index (χ0n) is 9.00. The molecule has 0 aliphatic carbocycles. The summed E-state index contributed by atoms with van der Waals surface area (Å²) in [6, 6.07) is 1.66. The van der Waals surface area contributed by atoms with Crippen LogP contribution in [-0.2, 0) is 0 Å². The molecule has 1 atom stereocenters. The van der Waals surface area contributed by atoms with E-state index in [4.69, 9.17) is 0 Å². The van der Waals surface area contributed by atoms with Crippen LogP contribution in [0.3, 0.4) is 0 Å². The molecule has 0 spiro atoms. The largest absolute Gasteiger partial charge is 0.419 e. The molecule has 8 heteroatoms. The van der Waals surface area contributed by atoms with E-state index in [9.17, 15) is 23.1 Å². The van der Waals surface area contributed by atoms with Crippen LogP contribution in [0.5, 0.6) is 0 Å². The van der Waals surface area contributed by atoms with Gasteiger partial charge in [0.15, 0.2) is 5.60 Å². The second-order valence-electron chi connectivity index (χ2n) is 4.10. The van der Waals surface area contributed by atoms with Crippen molar-refractivity contribution >= 4 is 33.2 Å². The molecule has 1 N–H and O–H groups in total. The number of halogens is 4. The Morgan fingerprint density at radius 2 is 2.22 bits per heavy atom. The van der Waals surface area contributed by atoms with E-state index in [1.54, 1.807) is 11.4 Å². The fraction of sp³-hybridized carbons (Fsp3) is 0.500. The SMILES string of the molecule is O=C(c1sccc1Br)N1CC[C@@](O)(C(F)(F)F)C1. The highest BCUT2D eigenvalue weighted by Crippen LogP contribution is 2.38. The molecule has 1 amide bonds. The molecule has 2 heterocycles. The molecule has 1 aliphatic rings. The van der Waals surface area contributed by atoms with Gasteiger partial charge in [-0.3, -0.25) is 4.79 Å². The van der Waals surface area contributed by atoms with Crippen molar-refractivity contribution in [2.24, 2.45) is 0 Å². The van der Waals surface area contributed by atoms with Gasteiger partial charge in [0.1, 0.15) is 4.88 Å². The molecule has 1 saturated heterocycles. The maximum atomic E-state index is 12.6. The van der Waals surface area contributed by atoms with Crippen molar-refractivity contribution in [2.75, 3.05) is 13.1 Å². The molecule has 18 heavy (non-hydrogen) atoms. The van der Waals surface area contributed by atoms with Crippen molar-refractivity contribution < 1.29 is 23.1 Å². The van der Waals surface area contributed by atoms with Crippen LogP contribution >= 0.6 is 27.3 Å². The number of carbonyl (C=O) groups excluding carboxylic acids is 1. The second kappa shape index (κ2) is 4.50. The molecule has 1 aromatic rings. The standard InChI is InChI=1S/C10H9BrF3NO2S/c11-6-1-4-18-7(6)8(16)15-3-2-9(17,5-15)10(12,13)14/h1,4,17H,2-3,5H2/t9-/m0/s1. The van der Waals surface area contributed by atoms with Crippen LogP contribution in [0.1, 0.15) is 16.1 Å². The first-order chi connectivity index (χ1) is 8.24. The van der Waals surface area contributed by atoms with E-state index in [0.717, 1.165) is 16.2 Å². The Morgan fingerprint density at radius 3 is 2.67 bits per heavy atom. The van der Waals surface area contributed by atoms with Crippen molar-refractivity contribution in [2.45, 2.75) is 18.2 Å². The zero-order chi connectivity index (χ0) is 13.6. The Hall–Kier alpha value is -0.600. The third kappa shape index (κ3) is 2.28. The molecule has 0 bridgehead atoms. The number of hydrogen-bond acceptors (Lipinski definition) is 3. The van der Waals surface area contributed by atoms with Gasteiger partial charge < -0.3 is 10.0 Å². The summed E-state index contributed by atoms with van der Waals surface area (Å²) in [7, 11) is 0. The van der Waals surface area contributed by atoms with Crippen LogP contribution in [0, 0.1) is 0 Å². The summed E-state index contributed by atoms with van der Waals surface area (Å²) >= 11 is 4.31. The summed E-state index contributed by atoms with van der Waals surface area (Å²) in [6.07, 6.45) is -5.19. The Balaban J connectivity index is 2.15. The van der Waals surface area contributed by atoms with Gasteiger partial charge in [0.2, 0.25) is 0 Å². The molecular formula is C10H9BrF3NO2S. The van der Waals surface area contributed by atoms with Crippen LogP contribution in [0.25, 0.3) is 0 Å². The summed E-state index contributed by atoms with van der Waals surface area (Å²) in [6.45, 7) is -0.807. The van der Waals surface area contributed by atoms with Crippen LogP contribution < -0.4 is 0 Å². The van der Waals surface area contributed by atoms with Crippen LogP contribution in [0.4, 0.5) is 13.2 Å². The van der Waals surface area contributed by atoms with Crippen LogP contribution in [0.2, 0.25) is 0 Å². The van der Waals surface area contributed by atoms with E-state index in [2.05, 4.69) is 15.9 Å². The fourth-order valence-electron chi connectivity index (χ4n) is 1.79. The molecule has 1 aromatic heterocycles. The highest BCUT2D eigenvalue weighted by Gasteiger charge is 2.57. The van der Waals surface area contributed by atoms with Gasteiger partial charge in [-0.2, -0.15) is 13.2 Å². The minimum Gasteiger partial charge on any atom is -0.379 e. The lowest BCUT2D eigenvalue weighted by molar-refractivity contribution is -0.253. The topological polar surface area (TPSA) is 40.5 Å². The quantitative estimate of drug-likeness (QED) is 0.851. The van der Waals surface area contributed by atoms with Crippen molar-refractivity contribution in [1.82, 2.24) is 4.90 Å². The second-order valence-corrected chi connectivity index (χ2v) is 5.87. The number of alkyl halides is 3. The first kappa shape index (κ1) is 13.8. The van der Waals surface area contributed by atoms with Crippen molar-refractivity contribution in [1.29, 1.82) is 0 Å². The molecule has 100 valence electrons. The number of nitrogens with zero attached hydrogens (tertiary/aromatic N) is 1. The Kier molecular flexibility index (Phi) is 3.46. The lowest BCUT2D eigenvalue weighted by Gasteiger charge is -2.25. The lowest BCUT2D eigenvalue weighted by Crippen LogP contribution is -2.48. The maximum Gasteiger partial charge on any atom is 0.419 e. The number of likely N-dealkylation sites (tertiary alicyclic amines) is 1. The van der Waals surface area contributed by atoms with Crippen LogP contribution in [-0.4, -0.2) is 40.8 Å². The lowest BCUT2D eigenvalue weighted by atomic mass is 10.0. The summed E-state index contributed by atoms with van der Waals surface area (Å²) in [5.74, 6) is -0.489. The predicted molar refractivity (Wildman–Crippen MR) is 63.5 cm³/mol. The van der Waals surface area contributed by atoms with Gasteiger partial charge in [-0.1, -0.05) is 0 Å². The van der Waals surface area contributed by atoms with Gasteiger partial charge in [0, 0.05) is 17.4 Å². The first-order valence-electron chi connectivity index (χ1n) is 5.06. The van der Waals surface area contributed by atoms with Crippen LogP contribution in [0.15, 0.2) is 15.9 Å². The van der Waals surface area contributed by atoms with Gasteiger partial charge in [-0.15, -0.1) is 11.3 Å². The molecule has 3 nitrogen and oxygen atoms in total. The fourth-order valence-corrected chi connectivity index (χ4v) is 3.30. The summed E-state index contributed by atoms with van der Waals surface area (Å²) in [4.78, 5) is 13.4. The van der Waals surface area contributed by atoms with E-state index in [1.807, 2.05) is 0 Å². The third-order valence-corrected chi connectivity index (χ3v) is 4.70. The van der Waals surface area contributed by atoms with Crippen molar-refractivity contribution in [3.63, 3.8) is 0 Å². The molecule has 1 fully saturated rings. The molecular weight excluding hydrogens is 335 g/mol. The van der Waals surface area contributed by atoms with Crippen molar-refractivity contribution in [3.8, 4) is 0 Å². The van der Waals surface area contributed by atoms with E-state index >= 15 is 0 Å². The number of amides is 1. The molecule has 1 aliphatic heterocycles. The molecule has 0 saturated carbocycles. The number of β-amino-alcohol motifs (C(OH)–C–C–N with tert-alkyl or cyclic N) is 1. The Labute approximate surface area is 113 Å². The normalized spacial score (nSPS) is 24.6. The number of hydrogen-bond donors (Lipinski definition) is 1. The van der Waals surface area contributed by atoms with Gasteiger partial charge >= 0.3 is 6.18 Å². The highest BCUT2D eigenvalue weighted by atomic mass is 79.9. The van der Waals surface area contributed by atoms with Gasteiger partial charge in [-0.25, -0.2) is 0 Å². The van der Waals surface area contributed by atoms with E-state index in [0.29, 0.717) is 9.35 Å². The number of aliphatic hydroxyl groups is 1. The van der Waals surface area contributed by atoms with E-state index < -0.39 is 30.7 Å². The highest BCUT2D eigenvalue weighted by molar-refractivity contribution is 9.10. The van der Waals surface area contributed by atoms with Gasteiger partial charge in [0.05, 0.1) is 6.54 Å². The average molecular weight is 344 g/mol. The molecule has 0 radical (unpaired) electrons. The maximum absolute atomic E-state index is 12.6. The molecule has 0 unspecified atom stereocenters. The minimum absolute atomic E-state index is 0.0980. The number of thiophene rings is 1. The first-order valence-corrected chi connectivity index (χ1v) is 6.73. The smallest absolute Gasteiger partial charge is 0.379 e. The number of rotatable bonds is 1. The van der Waals surface area contributed by atoms with Crippen molar-refractivity contribution in [3.05, 3.63) is 20.8 Å². The summed E-state index contributed by atoms with van der Waals surface area (Å²) in [5.41, 5.74) is -2.79. The average Bonchev–Trinajstić information content (AvgIpc) is 2.83. The Morgan fingerprint density at radius 1 is 1.56 bits per heavy atom. The van der Waals surface area contributed by atoms with E-state index in [1.165, 1.54) is 0 Å². The summed E-state index contributed by atoms with van der Waals surface area (Å²) < 4.78 is 38.4. The van der Waals surface area contributed by atoms with Gasteiger partial charge in [-0.05, 0) is 27.4 Å². The Bertz CT molecular complexity index is 476. The minimum atomic E-state index is -4.71. The molecule has 2 rings (SSSR count). The zero-order valence-corrected chi connectivity index (χ0v) is 11.4. The third-order valence-electron chi connectivity index (χ3n) is 2.87. The molecule has 0 aromatic carbocycles.